The van der Waals surface area contributed by atoms with Crippen molar-refractivity contribution in [3.05, 3.63) is 267 Å². The summed E-state index contributed by atoms with van der Waals surface area (Å²) in [6, 6.07) is 44.1. The molecule has 4 N–H and O–H groups in total. The predicted octanol–water partition coefficient (Wildman–Crippen LogP) is 27.5. The molecule has 5 heterocycles. The molecule has 37 heteroatoms. The van der Waals surface area contributed by atoms with E-state index in [0.717, 1.165) is 188 Å². The van der Waals surface area contributed by atoms with E-state index in [0.29, 0.717) is 89.5 Å². The number of benzene rings is 8. The second kappa shape index (κ2) is 46.9. The van der Waals surface area contributed by atoms with E-state index in [1.807, 2.05) is 37.0 Å². The molecular weight excluding hydrogens is 1830 g/mol. The third-order valence-corrected chi connectivity index (χ3v) is 26.1. The Kier molecular flexibility index (Phi) is 36.3. The number of thiazole rings is 4. The van der Waals surface area contributed by atoms with Gasteiger partial charge in [-0.25, -0.2) is 29.1 Å². The van der Waals surface area contributed by atoms with Crippen molar-refractivity contribution in [1.82, 2.24) is 30.1 Å². The molecule has 0 amide bonds. The first kappa shape index (κ1) is 100.0. The Balaban J connectivity index is 0.000000179. The first-order valence-corrected chi connectivity index (χ1v) is 47.0. The predicted molar refractivity (Wildman–Crippen MR) is 481 cm³/mol. The molecule has 0 spiro atoms. The first-order chi connectivity index (χ1) is 61.7. The fraction of sp³-hybridized carbons (Fsp3) is 0.293. The van der Waals surface area contributed by atoms with E-state index in [4.69, 9.17) is 55.4 Å². The summed E-state index contributed by atoms with van der Waals surface area (Å²) in [6.07, 6.45) is -0.996. The topological polar surface area (TPSA) is 254 Å². The molecule has 0 radical (unpaired) electrons. The molecule has 0 fully saturated rings. The van der Waals surface area contributed by atoms with Gasteiger partial charge >= 0.3 is 30.5 Å². The molecule has 0 saturated carbocycles. The normalized spacial score (nSPS) is 11.7. The van der Waals surface area contributed by atoms with Crippen LogP contribution in [-0.4, -0.2) is 59.9 Å². The van der Waals surface area contributed by atoms with Gasteiger partial charge in [0.05, 0.1) is 75.7 Å². The highest BCUT2D eigenvalue weighted by molar-refractivity contribution is 7.99. The lowest BCUT2D eigenvalue weighted by atomic mass is 10.1. The summed E-state index contributed by atoms with van der Waals surface area (Å²) in [5.74, 6) is 1.30. The molecule has 0 aliphatic heterocycles. The van der Waals surface area contributed by atoms with Gasteiger partial charge < -0.3 is 29.9 Å². The maximum absolute atomic E-state index is 13.8. The van der Waals surface area contributed by atoms with Crippen LogP contribution >= 0.6 is 80.6 Å². The van der Waals surface area contributed by atoms with Crippen LogP contribution in [-0.2, 0) is 76.8 Å². The molecule has 17 nitrogen and oxygen atoms in total. The van der Waals surface area contributed by atoms with Crippen LogP contribution in [0.3, 0.4) is 0 Å². The molecule has 0 saturated heterocycles. The van der Waals surface area contributed by atoms with Gasteiger partial charge in [0.2, 0.25) is 0 Å². The Morgan fingerprint density at radius 1 is 0.442 bits per heavy atom. The zero-order valence-electron chi connectivity index (χ0n) is 70.3. The molecule has 0 unspecified atom stereocenters. The van der Waals surface area contributed by atoms with Crippen LogP contribution in [0.15, 0.2) is 199 Å². The summed E-state index contributed by atoms with van der Waals surface area (Å²) >= 11 is 10.0. The molecule has 13 rings (SSSR count). The minimum atomic E-state index is -4.39. The Morgan fingerprint density at radius 3 is 1.03 bits per heavy atom. The van der Waals surface area contributed by atoms with Crippen LogP contribution in [0.2, 0.25) is 0 Å². The number of alkyl halides is 12. The highest BCUT2D eigenvalue weighted by Gasteiger charge is 2.34. The summed E-state index contributed by atoms with van der Waals surface area (Å²) in [4.78, 5) is 38.7. The van der Waals surface area contributed by atoms with Gasteiger partial charge in [-0.05, 0) is 185 Å². The molecule has 0 atom stereocenters. The average molecular weight is 1910 g/mol. The minimum Gasteiger partial charge on any atom is -0.488 e. The molecule has 678 valence electrons. The van der Waals surface area contributed by atoms with Gasteiger partial charge in [-0.2, -0.15) is 63.2 Å². The molecule has 129 heavy (non-hydrogen) atoms. The zero-order chi connectivity index (χ0) is 93.2. The van der Waals surface area contributed by atoms with E-state index in [2.05, 4.69) is 58.6 Å². The Morgan fingerprint density at radius 2 is 0.744 bits per heavy atom. The van der Waals surface area contributed by atoms with Crippen molar-refractivity contribution < 1.29 is 85.8 Å². The molecule has 0 bridgehead atoms. The SMILES string of the molecule is CCCCc1nc(-c2ccc(C(F)(F)F)cc2)sc1COc1ccc(-c2noc(=O)[nH]2)c(SC)c1.CCCCc1nc(-c2ccc(C(F)(F)F)cc2)sc1COc1ccc(C#N)c(F)c1.CCCCc1nc(-c2ccc(C(F)(F)F)cc2)sc1COc1ccc(C#N)c(SC)c1.CCCCc1nc(-c2ccc(C(F)(F)F)cc2)sc1COc1ccc(C(N)=NO)c(SC)c1. The molecule has 0 aliphatic carbocycles. The van der Waals surface area contributed by atoms with E-state index >= 15 is 0 Å². The van der Waals surface area contributed by atoms with Crippen molar-refractivity contribution in [3.63, 3.8) is 0 Å². The van der Waals surface area contributed by atoms with Gasteiger partial charge in [0.15, 0.2) is 11.7 Å². The smallest absolute Gasteiger partial charge is 0.439 e. The Bertz CT molecular complexity index is 6040. The summed E-state index contributed by atoms with van der Waals surface area (Å²) in [5, 5.41) is 36.3. The molecule has 0 aliphatic rings. The van der Waals surface area contributed by atoms with Crippen molar-refractivity contribution in [2.45, 2.75) is 171 Å². The number of thioether (sulfide) groups is 3. The number of unbranched alkanes of at least 4 members (excludes halogenated alkanes) is 4. The summed E-state index contributed by atoms with van der Waals surface area (Å²) < 4.78 is 196. The number of nitrogens with two attached hydrogens (primary N) is 1. The van der Waals surface area contributed by atoms with Crippen LogP contribution in [0.4, 0.5) is 57.1 Å². The quantitative estimate of drug-likeness (QED) is 0.00863. The number of amidine groups is 1. The number of ether oxygens (including phenoxy) is 4. The number of hydrogen-bond donors (Lipinski definition) is 3. The zero-order valence-corrected chi connectivity index (χ0v) is 76.0. The van der Waals surface area contributed by atoms with Crippen molar-refractivity contribution in [3.8, 4) is 88.8 Å². The van der Waals surface area contributed by atoms with Crippen molar-refractivity contribution in [2.75, 3.05) is 18.8 Å². The van der Waals surface area contributed by atoms with Crippen molar-refractivity contribution in [2.24, 2.45) is 10.9 Å². The van der Waals surface area contributed by atoms with Gasteiger partial charge in [0, 0.05) is 54.1 Å². The van der Waals surface area contributed by atoms with Crippen LogP contribution in [0.5, 0.6) is 23.0 Å². The standard InChI is InChI=1S/C24H22F3N3O3S2.C23H24F3N3O2S2.C23H21F3N2OS2.C22H18F4N2OS/c1-3-4-5-18-20(35-22(28-18)14-6-8-15(9-7-14)24(25,26)27)13-32-16-10-11-17(19(12-16)34-2)21-29-23(31)33-30-21;1-3-4-5-18-20(13-31-16-10-11-17(21(27)29-30)19(12-16)32-2)33-22(28-18)14-6-8-15(9-7-14)23(24,25)26;1-3-4-5-19-21(14-29-18-11-8-16(13-27)20(12-18)30-2)31-22(28-19)15-6-9-17(10-7-15)23(24,25)26;1-2-3-4-19-20(13-29-17-10-7-15(12-27)18(23)11-17)30-21(28-19)14-5-8-16(9-6-14)22(24,25)26/h6-12H,3-5,13H2,1-2H3,(H,29,30,31);6-12,30H,3-5,13H2,1-2H3,(H2,27,29);6-12H,3-5,14H2,1-2H3;5-11H,2-4,13H2,1H3. The minimum absolute atomic E-state index is 0.0244. The first-order valence-electron chi connectivity index (χ1n) is 40.1. The van der Waals surface area contributed by atoms with Gasteiger partial charge in [-0.15, -0.1) is 80.6 Å². The lowest BCUT2D eigenvalue weighted by molar-refractivity contribution is -0.138. The lowest BCUT2D eigenvalue weighted by Gasteiger charge is -2.10. The largest absolute Gasteiger partial charge is 0.488 e. The summed E-state index contributed by atoms with van der Waals surface area (Å²) in [6.45, 7) is 9.37. The monoisotopic (exact) mass is 1910 g/mol. The van der Waals surface area contributed by atoms with Gasteiger partial charge in [0.1, 0.15) is 87.4 Å². The lowest BCUT2D eigenvalue weighted by Crippen LogP contribution is -2.14. The molecule has 8 aromatic carbocycles. The number of nitrogens with zero attached hydrogens (tertiary/aromatic N) is 8. The number of oxime groups is 1. The fourth-order valence-electron chi connectivity index (χ4n) is 12.3. The third-order valence-electron chi connectivity index (χ3n) is 19.3. The average Bonchev–Trinajstić information content (AvgIpc) is 1.68. The number of rotatable bonds is 33. The number of aryl methyl sites for hydroxylation is 4. The Hall–Kier alpha value is -11.2. The molecule has 5 aromatic heterocycles. The second-order valence-electron chi connectivity index (χ2n) is 28.3. The number of aromatic nitrogens is 6. The maximum atomic E-state index is 13.8. The van der Waals surface area contributed by atoms with Crippen molar-refractivity contribution >= 4 is 86.5 Å². The van der Waals surface area contributed by atoms with Crippen molar-refractivity contribution in [1.29, 1.82) is 10.5 Å². The van der Waals surface area contributed by atoms with Gasteiger partial charge in [0.25, 0.3) is 0 Å². The highest BCUT2D eigenvalue weighted by Crippen LogP contribution is 2.42. The summed E-state index contributed by atoms with van der Waals surface area (Å²) in [7, 11) is 0. The number of H-pyrrole nitrogens is 1. The summed E-state index contributed by atoms with van der Waals surface area (Å²) in [5.41, 5.74) is 10.9. The fourth-order valence-corrected chi connectivity index (χ4v) is 18.2. The van der Waals surface area contributed by atoms with E-state index < -0.39 is 58.5 Å². The third kappa shape index (κ3) is 28.2. The van der Waals surface area contributed by atoms with E-state index in [-0.39, 0.29) is 37.0 Å². The van der Waals surface area contributed by atoms with Gasteiger partial charge in [-0.1, -0.05) is 112 Å². The van der Waals surface area contributed by atoms with Crippen LogP contribution < -0.4 is 30.4 Å². The number of nitriles is 2. The highest BCUT2D eigenvalue weighted by atomic mass is 32.2. The Labute approximate surface area is 764 Å². The number of halogens is 13. The van der Waals surface area contributed by atoms with Gasteiger partial charge in [-0.3, -0.25) is 9.51 Å². The van der Waals surface area contributed by atoms with Crippen LogP contribution in [0.1, 0.15) is 160 Å². The maximum Gasteiger partial charge on any atom is 0.439 e. The molecular formula is C92H85F13N10O7S7. The van der Waals surface area contributed by atoms with Crippen LogP contribution in [0.25, 0.3) is 53.7 Å². The van der Waals surface area contributed by atoms with Crippen LogP contribution in [0, 0.1) is 28.5 Å². The van der Waals surface area contributed by atoms with E-state index in [9.17, 15) is 61.9 Å². The number of nitrogens with one attached hydrogen (secondary N) is 1. The number of aromatic amines is 1. The number of hydrogen-bond acceptors (Lipinski definition) is 22. The molecule has 13 aromatic rings. The second-order valence-corrected chi connectivity index (χ2v) is 35.2. The van der Waals surface area contributed by atoms with E-state index in [1.165, 1.54) is 141 Å². The van der Waals surface area contributed by atoms with E-state index in [1.54, 1.807) is 42.5 Å².